The summed E-state index contributed by atoms with van der Waals surface area (Å²) in [6, 6.07) is 0. The summed E-state index contributed by atoms with van der Waals surface area (Å²) in [7, 11) is 0. The zero-order valence-corrected chi connectivity index (χ0v) is 29.3. The van der Waals surface area contributed by atoms with Crippen LogP contribution in [0, 0.1) is 19.8 Å². The SMILES string of the molecule is C=CCOC(=O)CCc1c(/C=c2\[nH]/c(=C\C3=NC(=O)C(CC)=C3C)c(C)c2CCC(=O)OCC=C)[nH]c(/C=C2\NC(=O)C(C)\C2=C/C)c1C. The standard InChI is InChI=1S/C39H46N4O6/c1-9-17-48-36(44)15-13-28-23(6)30(19-32-22(5)27(12-4)39(47)42-32)40-34(28)21-35-29(14-16-37(45)49-18-10-2)24(7)31(41-35)20-33-26(11-3)25(8)38(46)43-33/h9-11,19-21,25,40-41H,1-2,12-18H2,3-8H3,(H,43,46)/b26-11+,30-19-,33-20-,34-21-. The lowest BCUT2D eigenvalue weighted by Crippen LogP contribution is -2.16. The molecule has 2 aromatic heterocycles. The van der Waals surface area contributed by atoms with E-state index in [1.165, 1.54) is 12.2 Å². The van der Waals surface area contributed by atoms with Gasteiger partial charge in [0.2, 0.25) is 5.91 Å². The number of nitrogens with one attached hydrogen (secondary N) is 3. The van der Waals surface area contributed by atoms with Crippen molar-refractivity contribution in [2.75, 3.05) is 13.2 Å². The average molecular weight is 667 g/mol. The molecule has 0 saturated carbocycles. The maximum absolute atomic E-state index is 12.5. The van der Waals surface area contributed by atoms with Crippen LogP contribution in [0.2, 0.25) is 0 Å². The van der Waals surface area contributed by atoms with E-state index in [2.05, 4.69) is 33.4 Å². The van der Waals surface area contributed by atoms with Crippen molar-refractivity contribution < 1.29 is 28.7 Å². The number of H-pyrrole nitrogens is 2. The van der Waals surface area contributed by atoms with Crippen LogP contribution < -0.4 is 16.0 Å². The van der Waals surface area contributed by atoms with Crippen molar-refractivity contribution in [3.63, 3.8) is 0 Å². The number of aliphatic imine (C=N–C) groups is 1. The summed E-state index contributed by atoms with van der Waals surface area (Å²) in [6.07, 6.45) is 12.5. The Balaban J connectivity index is 1.88. The van der Waals surface area contributed by atoms with Crippen LogP contribution in [0.3, 0.4) is 0 Å². The molecule has 1 fully saturated rings. The van der Waals surface area contributed by atoms with Gasteiger partial charge in [-0.3, -0.25) is 19.2 Å². The van der Waals surface area contributed by atoms with Gasteiger partial charge in [0.05, 0.1) is 11.6 Å². The van der Waals surface area contributed by atoms with Gasteiger partial charge in [-0.25, -0.2) is 4.99 Å². The van der Waals surface area contributed by atoms with E-state index < -0.39 is 0 Å². The van der Waals surface area contributed by atoms with Crippen LogP contribution in [-0.2, 0) is 41.5 Å². The first kappa shape index (κ1) is 36.6. The molecule has 2 amide bonds. The molecule has 2 aliphatic rings. The Bertz CT molecular complexity index is 1950. The molecule has 1 unspecified atom stereocenters. The minimum absolute atomic E-state index is 0.0628. The number of aromatic amines is 2. The third kappa shape index (κ3) is 8.25. The second-order valence-electron chi connectivity index (χ2n) is 12.1. The fraction of sp³-hybridized carbons (Fsp3) is 0.359. The number of ether oxygens (including phenoxy) is 2. The van der Waals surface area contributed by atoms with Gasteiger partial charge in [0, 0.05) is 46.2 Å². The van der Waals surface area contributed by atoms with E-state index in [1.807, 2.05) is 65.8 Å². The quantitative estimate of drug-likeness (QED) is 0.198. The molecule has 10 heteroatoms. The van der Waals surface area contributed by atoms with Crippen LogP contribution in [0.5, 0.6) is 0 Å². The zero-order valence-electron chi connectivity index (χ0n) is 29.3. The van der Waals surface area contributed by atoms with Crippen LogP contribution in [-0.4, -0.2) is 52.6 Å². The summed E-state index contributed by atoms with van der Waals surface area (Å²) in [6.45, 7) is 19.1. The molecule has 0 aromatic carbocycles. The first-order chi connectivity index (χ1) is 23.4. The van der Waals surface area contributed by atoms with E-state index in [9.17, 15) is 19.2 Å². The first-order valence-corrected chi connectivity index (χ1v) is 16.6. The highest BCUT2D eigenvalue weighted by atomic mass is 16.5. The van der Waals surface area contributed by atoms with Gasteiger partial charge in [-0.2, -0.15) is 0 Å². The van der Waals surface area contributed by atoms with Gasteiger partial charge in [-0.15, -0.1) is 0 Å². The number of aromatic nitrogens is 2. The molecule has 0 radical (unpaired) electrons. The number of carbonyl (C=O) groups excluding carboxylic acids is 4. The Morgan fingerprint density at radius 2 is 1.49 bits per heavy atom. The highest BCUT2D eigenvalue weighted by Crippen LogP contribution is 2.29. The molecule has 0 spiro atoms. The lowest BCUT2D eigenvalue weighted by Gasteiger charge is -2.05. The second-order valence-corrected chi connectivity index (χ2v) is 12.1. The smallest absolute Gasteiger partial charge is 0.306 e. The van der Waals surface area contributed by atoms with E-state index in [1.54, 1.807) is 0 Å². The number of nitrogens with zero attached hydrogens (tertiary/aromatic N) is 1. The summed E-state index contributed by atoms with van der Waals surface area (Å²) < 4.78 is 10.5. The minimum Gasteiger partial charge on any atom is -0.461 e. The van der Waals surface area contributed by atoms with Gasteiger partial charge in [0.1, 0.15) is 13.2 Å². The number of allylic oxidation sites excluding steroid dienone is 3. The zero-order chi connectivity index (χ0) is 35.8. The predicted octanol–water partition coefficient (Wildman–Crippen LogP) is 4.65. The Labute approximate surface area is 287 Å². The van der Waals surface area contributed by atoms with Gasteiger partial charge in [0.25, 0.3) is 5.91 Å². The van der Waals surface area contributed by atoms with Crippen molar-refractivity contribution >= 4 is 47.7 Å². The van der Waals surface area contributed by atoms with Crippen molar-refractivity contribution in [2.24, 2.45) is 10.9 Å². The van der Waals surface area contributed by atoms with Crippen molar-refractivity contribution in [1.29, 1.82) is 0 Å². The second kappa shape index (κ2) is 16.2. The summed E-state index contributed by atoms with van der Waals surface area (Å²) in [4.78, 5) is 61.4. The lowest BCUT2D eigenvalue weighted by molar-refractivity contribution is -0.143. The van der Waals surface area contributed by atoms with Gasteiger partial charge >= 0.3 is 11.9 Å². The van der Waals surface area contributed by atoms with Crippen LogP contribution >= 0.6 is 0 Å². The predicted molar refractivity (Wildman–Crippen MR) is 192 cm³/mol. The maximum Gasteiger partial charge on any atom is 0.306 e. The third-order valence-electron chi connectivity index (χ3n) is 9.05. The first-order valence-electron chi connectivity index (χ1n) is 16.6. The van der Waals surface area contributed by atoms with Gasteiger partial charge in [-0.1, -0.05) is 38.3 Å². The molecule has 3 N–H and O–H groups in total. The number of hydrogen-bond acceptors (Lipinski definition) is 6. The molecule has 10 nitrogen and oxygen atoms in total. The fourth-order valence-corrected chi connectivity index (χ4v) is 6.21. The van der Waals surface area contributed by atoms with E-state index in [0.29, 0.717) is 30.5 Å². The molecule has 4 heterocycles. The summed E-state index contributed by atoms with van der Waals surface area (Å²) in [5.74, 6) is -1.23. The Hall–Kier alpha value is -5.25. The van der Waals surface area contributed by atoms with E-state index in [4.69, 9.17) is 9.47 Å². The highest BCUT2D eigenvalue weighted by molar-refractivity contribution is 6.30. The average Bonchev–Trinajstić information content (AvgIpc) is 3.72. The molecule has 1 saturated heterocycles. The normalized spacial score (nSPS) is 18.5. The van der Waals surface area contributed by atoms with E-state index in [-0.39, 0.29) is 55.7 Å². The molecule has 1 atom stereocenters. The summed E-state index contributed by atoms with van der Waals surface area (Å²) in [5.41, 5.74) is 8.99. The molecule has 2 aromatic rings. The van der Waals surface area contributed by atoms with Crippen molar-refractivity contribution in [2.45, 2.75) is 73.6 Å². The van der Waals surface area contributed by atoms with Crippen LogP contribution in [0.15, 0.2) is 58.8 Å². The molecule has 49 heavy (non-hydrogen) atoms. The summed E-state index contributed by atoms with van der Waals surface area (Å²) >= 11 is 0. The number of esters is 2. The largest absolute Gasteiger partial charge is 0.461 e. The Kier molecular flexibility index (Phi) is 12.1. The third-order valence-corrected chi connectivity index (χ3v) is 9.05. The number of rotatable bonds is 14. The van der Waals surface area contributed by atoms with Crippen LogP contribution in [0.1, 0.15) is 80.6 Å². The van der Waals surface area contributed by atoms with E-state index in [0.717, 1.165) is 61.2 Å². The lowest BCUT2D eigenvalue weighted by atomic mass is 10.00. The molecule has 0 bridgehead atoms. The van der Waals surface area contributed by atoms with Gasteiger partial charge < -0.3 is 24.8 Å². The Morgan fingerprint density at radius 3 is 2.06 bits per heavy atom. The van der Waals surface area contributed by atoms with Crippen LogP contribution in [0.25, 0.3) is 18.2 Å². The molecule has 258 valence electrons. The molecule has 4 rings (SSSR count). The molecular weight excluding hydrogens is 620 g/mol. The van der Waals surface area contributed by atoms with Gasteiger partial charge in [-0.05, 0) is 106 Å². The molecule has 0 aliphatic carbocycles. The maximum atomic E-state index is 12.5. The monoisotopic (exact) mass is 666 g/mol. The van der Waals surface area contributed by atoms with Crippen molar-refractivity contribution in [3.05, 3.63) is 98.1 Å². The van der Waals surface area contributed by atoms with Crippen molar-refractivity contribution in [3.8, 4) is 0 Å². The minimum atomic E-state index is -0.343. The fourth-order valence-electron chi connectivity index (χ4n) is 6.21. The van der Waals surface area contributed by atoms with Gasteiger partial charge in [0.15, 0.2) is 0 Å². The topological polar surface area (TPSA) is 143 Å². The van der Waals surface area contributed by atoms with E-state index >= 15 is 0 Å². The number of hydrogen-bond donors (Lipinski definition) is 3. The summed E-state index contributed by atoms with van der Waals surface area (Å²) in [5, 5.41) is 4.51. The van der Waals surface area contributed by atoms with Crippen molar-refractivity contribution in [1.82, 2.24) is 15.3 Å². The molecular formula is C39H46N4O6. The molecule has 2 aliphatic heterocycles. The van der Waals surface area contributed by atoms with Crippen LogP contribution in [0.4, 0.5) is 0 Å². The highest BCUT2D eigenvalue weighted by Gasteiger charge is 2.29. The number of amides is 2. The Morgan fingerprint density at radius 1 is 0.857 bits per heavy atom. The number of carbonyl (C=O) groups is 4.